The van der Waals surface area contributed by atoms with Crippen LogP contribution in [-0.2, 0) is 15.0 Å². The third kappa shape index (κ3) is 4.92. The summed E-state index contributed by atoms with van der Waals surface area (Å²) in [6, 6.07) is 7.54. The molecule has 2 aromatic rings. The largest absolute Gasteiger partial charge is 0.342 e. The van der Waals surface area contributed by atoms with E-state index in [-0.39, 0.29) is 23.3 Å². The molecule has 3 heterocycles. The van der Waals surface area contributed by atoms with Crippen LogP contribution in [0.2, 0.25) is 5.02 Å². The third-order valence-corrected chi connectivity index (χ3v) is 9.61. The fourth-order valence-electron chi connectivity index (χ4n) is 6.77. The molecule has 0 saturated carbocycles. The lowest BCUT2D eigenvalue weighted by Gasteiger charge is -2.40. The number of halogens is 3. The summed E-state index contributed by atoms with van der Waals surface area (Å²) in [6.07, 6.45) is 1.68. The van der Waals surface area contributed by atoms with Gasteiger partial charge in [0.2, 0.25) is 11.8 Å². The van der Waals surface area contributed by atoms with Crippen molar-refractivity contribution in [2.75, 3.05) is 44.2 Å². The molecular weight excluding hydrogens is 534 g/mol. The molecule has 5 rings (SSSR count). The van der Waals surface area contributed by atoms with E-state index in [1.807, 2.05) is 28.9 Å². The van der Waals surface area contributed by atoms with E-state index >= 15 is 0 Å². The van der Waals surface area contributed by atoms with Crippen LogP contribution in [0.4, 0.5) is 14.5 Å². The van der Waals surface area contributed by atoms with Crippen LogP contribution in [0.1, 0.15) is 62.6 Å². The summed E-state index contributed by atoms with van der Waals surface area (Å²) >= 11 is 6.53. The second-order valence-corrected chi connectivity index (χ2v) is 13.0. The second-order valence-electron chi connectivity index (χ2n) is 12.6. The Balaban J connectivity index is 1.40. The molecule has 40 heavy (non-hydrogen) atoms. The highest BCUT2D eigenvalue weighted by atomic mass is 35.5. The van der Waals surface area contributed by atoms with Gasteiger partial charge >= 0.3 is 0 Å². The Hall–Kier alpha value is -2.55. The number of nitrogens with two attached hydrogens (primary N) is 1. The van der Waals surface area contributed by atoms with Gasteiger partial charge in [0.15, 0.2) is 0 Å². The minimum atomic E-state index is -0.729. The zero-order chi connectivity index (χ0) is 29.0. The minimum Gasteiger partial charge on any atom is -0.342 e. The summed E-state index contributed by atoms with van der Waals surface area (Å²) in [5, 5.41) is 0.627. The number of piperidine rings is 1. The van der Waals surface area contributed by atoms with E-state index in [0.717, 1.165) is 22.9 Å². The number of carbonyl (C=O) groups excluding carboxylic acids is 2. The van der Waals surface area contributed by atoms with Gasteiger partial charge in [0, 0.05) is 61.0 Å². The number of likely N-dealkylation sites (tertiary alicyclic amines) is 2. The van der Waals surface area contributed by atoms with Crippen LogP contribution >= 0.6 is 11.6 Å². The van der Waals surface area contributed by atoms with Crippen molar-refractivity contribution in [3.63, 3.8) is 0 Å². The first kappa shape index (κ1) is 29.0. The fourth-order valence-corrected chi connectivity index (χ4v) is 6.94. The Morgan fingerprint density at radius 2 is 1.82 bits per heavy atom. The van der Waals surface area contributed by atoms with E-state index in [2.05, 4.69) is 25.7 Å². The second kappa shape index (κ2) is 10.7. The molecule has 3 aliphatic rings. The topological polar surface area (TPSA) is 69.9 Å². The van der Waals surface area contributed by atoms with Gasteiger partial charge in [0.25, 0.3) is 0 Å². The van der Waals surface area contributed by atoms with Crippen LogP contribution in [0.15, 0.2) is 30.3 Å². The van der Waals surface area contributed by atoms with Gasteiger partial charge in [-0.3, -0.25) is 14.5 Å². The van der Waals surface area contributed by atoms with Crippen LogP contribution in [0.5, 0.6) is 0 Å². The minimum absolute atomic E-state index is 0.0390. The van der Waals surface area contributed by atoms with Gasteiger partial charge in [0.05, 0.1) is 11.3 Å². The predicted octanol–water partition coefficient (Wildman–Crippen LogP) is 5.00. The van der Waals surface area contributed by atoms with Crippen molar-refractivity contribution in [1.82, 2.24) is 9.80 Å². The highest BCUT2D eigenvalue weighted by molar-refractivity contribution is 6.31. The number of aryl methyl sites for hydroxylation is 1. The fraction of sp³-hybridized carbons (Fsp3) is 0.548. The number of nitrogens with zero attached hydrogens (tertiary/aromatic N) is 3. The van der Waals surface area contributed by atoms with Gasteiger partial charge in [0.1, 0.15) is 11.6 Å². The molecule has 0 bridgehead atoms. The van der Waals surface area contributed by atoms with E-state index in [0.29, 0.717) is 69.1 Å². The molecule has 2 N–H and O–H groups in total. The summed E-state index contributed by atoms with van der Waals surface area (Å²) in [7, 11) is 0. The SMILES string of the molecule is Cc1cc2c(cc1Cl)C1(CCN(C(=O)[C@@H]3CN(C(C)(C)C)CC3c3ccc(F)cc3F)CC1)C(=O)N2CCCN. The lowest BCUT2D eigenvalue weighted by atomic mass is 9.73. The van der Waals surface area contributed by atoms with E-state index in [4.69, 9.17) is 17.3 Å². The van der Waals surface area contributed by atoms with Crippen molar-refractivity contribution >= 4 is 29.1 Å². The zero-order valence-corrected chi connectivity index (χ0v) is 24.5. The number of carbonyl (C=O) groups is 2. The van der Waals surface area contributed by atoms with Gasteiger partial charge < -0.3 is 15.5 Å². The molecule has 1 unspecified atom stereocenters. The molecule has 6 nitrogen and oxygen atoms in total. The Bertz CT molecular complexity index is 1320. The average Bonchev–Trinajstić information content (AvgIpc) is 3.43. The number of hydrogen-bond donors (Lipinski definition) is 1. The quantitative estimate of drug-likeness (QED) is 0.548. The summed E-state index contributed by atoms with van der Waals surface area (Å²) in [5.74, 6) is -2.08. The van der Waals surface area contributed by atoms with Crippen LogP contribution in [0.3, 0.4) is 0 Å². The molecule has 9 heteroatoms. The van der Waals surface area contributed by atoms with Gasteiger partial charge in [-0.2, -0.15) is 0 Å². The van der Waals surface area contributed by atoms with Crippen molar-refractivity contribution in [1.29, 1.82) is 0 Å². The van der Waals surface area contributed by atoms with E-state index in [1.54, 1.807) is 0 Å². The van der Waals surface area contributed by atoms with Gasteiger partial charge in [-0.05, 0) is 88.4 Å². The summed E-state index contributed by atoms with van der Waals surface area (Å²) in [4.78, 5) is 33.8. The molecule has 2 aromatic carbocycles. The third-order valence-electron chi connectivity index (χ3n) is 9.20. The number of benzene rings is 2. The first-order valence-corrected chi connectivity index (χ1v) is 14.6. The van der Waals surface area contributed by atoms with Gasteiger partial charge in [-0.15, -0.1) is 0 Å². The van der Waals surface area contributed by atoms with Crippen LogP contribution in [-0.4, -0.2) is 66.4 Å². The smallest absolute Gasteiger partial charge is 0.237 e. The van der Waals surface area contributed by atoms with Crippen molar-refractivity contribution in [2.45, 2.75) is 63.8 Å². The van der Waals surface area contributed by atoms with Gasteiger partial charge in [-0.1, -0.05) is 17.7 Å². The normalized spacial score (nSPS) is 22.9. The van der Waals surface area contributed by atoms with Gasteiger partial charge in [-0.25, -0.2) is 8.78 Å². The highest BCUT2D eigenvalue weighted by Gasteiger charge is 2.53. The lowest BCUT2D eigenvalue weighted by molar-refractivity contribution is -0.139. The first-order valence-electron chi connectivity index (χ1n) is 14.2. The Morgan fingerprint density at radius 3 is 2.45 bits per heavy atom. The van der Waals surface area contributed by atoms with E-state index < -0.39 is 23.0 Å². The zero-order valence-electron chi connectivity index (χ0n) is 23.8. The molecule has 2 saturated heterocycles. The summed E-state index contributed by atoms with van der Waals surface area (Å²) in [5.41, 5.74) is 7.95. The standard InChI is InChI=1S/C31H39ClF2N4O2/c1-19-14-27-24(16-25(19)32)31(29(40)38(27)11-5-10-35)8-12-36(13-9-31)28(39)23-18-37(30(2,3)4)17-22(23)21-7-6-20(33)15-26(21)34/h6-7,14-16,22-23H,5,8-13,17-18,35H2,1-4H3/t22?,23-/m1/s1. The summed E-state index contributed by atoms with van der Waals surface area (Å²) < 4.78 is 28.6. The molecule has 216 valence electrons. The van der Waals surface area contributed by atoms with Crippen LogP contribution in [0.25, 0.3) is 0 Å². The molecule has 3 aliphatic heterocycles. The van der Waals surface area contributed by atoms with Crippen LogP contribution < -0.4 is 10.6 Å². The number of fused-ring (bicyclic) bond motifs is 2. The molecule has 0 aliphatic carbocycles. The monoisotopic (exact) mass is 572 g/mol. The van der Waals surface area contributed by atoms with Crippen LogP contribution in [0, 0.1) is 24.5 Å². The predicted molar refractivity (Wildman–Crippen MR) is 154 cm³/mol. The molecule has 2 fully saturated rings. The maximum absolute atomic E-state index is 14.9. The maximum Gasteiger partial charge on any atom is 0.237 e. The Morgan fingerprint density at radius 1 is 1.12 bits per heavy atom. The molecule has 0 radical (unpaired) electrons. The van der Waals surface area contributed by atoms with Crippen molar-refractivity contribution < 1.29 is 18.4 Å². The molecule has 2 atom stereocenters. The average molecular weight is 573 g/mol. The molecule has 2 amide bonds. The number of rotatable bonds is 5. The molecular formula is C31H39ClF2N4O2. The summed E-state index contributed by atoms with van der Waals surface area (Å²) in [6.45, 7) is 11.1. The number of hydrogen-bond acceptors (Lipinski definition) is 4. The lowest BCUT2D eigenvalue weighted by Crippen LogP contribution is -2.52. The van der Waals surface area contributed by atoms with E-state index in [1.165, 1.54) is 12.1 Å². The van der Waals surface area contributed by atoms with Crippen molar-refractivity contribution in [3.05, 3.63) is 63.7 Å². The highest BCUT2D eigenvalue weighted by Crippen LogP contribution is 2.50. The number of amides is 2. The maximum atomic E-state index is 14.9. The first-order chi connectivity index (χ1) is 18.9. The molecule has 1 spiro atoms. The Labute approximate surface area is 240 Å². The van der Waals surface area contributed by atoms with Crippen molar-refractivity contribution in [3.8, 4) is 0 Å². The Kier molecular flexibility index (Phi) is 7.74. The number of anilines is 1. The molecule has 0 aromatic heterocycles. The van der Waals surface area contributed by atoms with Crippen molar-refractivity contribution in [2.24, 2.45) is 11.7 Å². The van der Waals surface area contributed by atoms with E-state index in [9.17, 15) is 18.4 Å².